The Morgan fingerprint density at radius 2 is 1.72 bits per heavy atom. The van der Waals surface area contributed by atoms with Gasteiger partial charge in [0.25, 0.3) is 5.56 Å². The third-order valence-electron chi connectivity index (χ3n) is 5.81. The zero-order valence-corrected chi connectivity index (χ0v) is 20.6. The van der Waals surface area contributed by atoms with Crippen LogP contribution in [0.3, 0.4) is 0 Å². The van der Waals surface area contributed by atoms with Crippen molar-refractivity contribution in [2.45, 2.75) is 36.9 Å². The molecule has 3 heterocycles. The van der Waals surface area contributed by atoms with Crippen molar-refractivity contribution in [3.8, 4) is 11.4 Å². The Morgan fingerprint density at radius 3 is 2.28 bits per heavy atom. The molecular formula is C23H22ClF3N4O4S. The van der Waals surface area contributed by atoms with Crippen LogP contribution >= 0.6 is 11.6 Å². The highest BCUT2D eigenvalue weighted by molar-refractivity contribution is 7.91. The third kappa shape index (κ3) is 5.65. The Balaban J connectivity index is 1.41. The van der Waals surface area contributed by atoms with Crippen molar-refractivity contribution in [2.24, 2.45) is 0 Å². The third-order valence-corrected chi connectivity index (χ3v) is 7.84. The largest absolute Gasteiger partial charge is 0.488 e. The van der Waals surface area contributed by atoms with Crippen molar-refractivity contribution >= 4 is 27.4 Å². The minimum absolute atomic E-state index is 0.0273. The zero-order valence-electron chi connectivity index (χ0n) is 19.1. The van der Waals surface area contributed by atoms with E-state index in [1.54, 1.807) is 11.8 Å². The Hall–Kier alpha value is -3.12. The number of nitrogens with zero attached hydrogens (tertiary/aromatic N) is 4. The number of halogens is 4. The molecule has 0 atom stereocenters. The number of piperidine rings is 1. The van der Waals surface area contributed by atoms with Crippen molar-refractivity contribution in [3.63, 3.8) is 0 Å². The summed E-state index contributed by atoms with van der Waals surface area (Å²) >= 11 is 6.37. The van der Waals surface area contributed by atoms with E-state index in [0.717, 1.165) is 12.4 Å². The van der Waals surface area contributed by atoms with E-state index >= 15 is 0 Å². The Kier molecular flexibility index (Phi) is 7.28. The van der Waals surface area contributed by atoms with Crippen LogP contribution in [0.25, 0.3) is 5.69 Å². The molecule has 0 N–H and O–H groups in total. The monoisotopic (exact) mass is 542 g/mol. The number of alkyl halides is 3. The second-order valence-corrected chi connectivity index (χ2v) is 10.9. The molecule has 0 unspecified atom stereocenters. The van der Waals surface area contributed by atoms with Gasteiger partial charge < -0.3 is 9.64 Å². The van der Waals surface area contributed by atoms with E-state index in [2.05, 4.69) is 9.97 Å². The van der Waals surface area contributed by atoms with Crippen molar-refractivity contribution in [3.05, 3.63) is 69.9 Å². The second kappa shape index (κ2) is 10.1. The highest BCUT2D eigenvalue weighted by Crippen LogP contribution is 2.30. The fraction of sp³-hybridized carbons (Fsp3) is 0.348. The summed E-state index contributed by atoms with van der Waals surface area (Å²) in [5.41, 5.74) is -0.861. The summed E-state index contributed by atoms with van der Waals surface area (Å²) in [6.45, 7) is 2.47. The van der Waals surface area contributed by atoms with Gasteiger partial charge in [0.05, 0.1) is 21.2 Å². The van der Waals surface area contributed by atoms with E-state index in [9.17, 15) is 26.4 Å². The first-order chi connectivity index (χ1) is 17.0. The van der Waals surface area contributed by atoms with E-state index in [1.165, 1.54) is 41.1 Å². The molecular weight excluding hydrogens is 521 g/mol. The number of rotatable bonds is 6. The first kappa shape index (κ1) is 26.0. The van der Waals surface area contributed by atoms with Crippen LogP contribution in [0, 0.1) is 0 Å². The maximum atomic E-state index is 12.7. The average molecular weight is 543 g/mol. The van der Waals surface area contributed by atoms with Crippen LogP contribution in [0.4, 0.5) is 19.1 Å². The summed E-state index contributed by atoms with van der Waals surface area (Å²) in [7, 11) is -3.36. The molecule has 1 aliphatic rings. The summed E-state index contributed by atoms with van der Waals surface area (Å²) in [5, 5.41) is 0.202. The van der Waals surface area contributed by atoms with Crippen LogP contribution in [0.5, 0.6) is 5.75 Å². The molecule has 1 aliphatic heterocycles. The quantitative estimate of drug-likeness (QED) is 0.462. The van der Waals surface area contributed by atoms with Crippen LogP contribution in [0.15, 0.2) is 58.6 Å². The van der Waals surface area contributed by atoms with E-state index < -0.39 is 27.1 Å². The smallest absolute Gasteiger partial charge is 0.419 e. The molecule has 8 nitrogen and oxygen atoms in total. The topological polar surface area (TPSA) is 94.4 Å². The van der Waals surface area contributed by atoms with Crippen LogP contribution in [-0.2, 0) is 16.0 Å². The van der Waals surface area contributed by atoms with Gasteiger partial charge in [0, 0.05) is 56.3 Å². The molecule has 1 aromatic carbocycles. The first-order valence-electron chi connectivity index (χ1n) is 11.0. The predicted molar refractivity (Wildman–Crippen MR) is 128 cm³/mol. The van der Waals surface area contributed by atoms with Gasteiger partial charge in [-0.1, -0.05) is 18.5 Å². The highest BCUT2D eigenvalue weighted by atomic mass is 35.5. The number of hydrogen-bond donors (Lipinski definition) is 0. The molecule has 0 amide bonds. The number of hydrogen-bond acceptors (Lipinski definition) is 7. The van der Waals surface area contributed by atoms with Gasteiger partial charge in [-0.25, -0.2) is 18.4 Å². The van der Waals surface area contributed by atoms with Crippen molar-refractivity contribution in [1.82, 2.24) is 14.5 Å². The van der Waals surface area contributed by atoms with Crippen LogP contribution in [0.2, 0.25) is 5.02 Å². The minimum Gasteiger partial charge on any atom is -0.488 e. The first-order valence-corrected chi connectivity index (χ1v) is 13.1. The van der Waals surface area contributed by atoms with Crippen LogP contribution < -0.4 is 15.2 Å². The lowest BCUT2D eigenvalue weighted by Crippen LogP contribution is -2.39. The minimum atomic E-state index is -4.49. The Bertz CT molecular complexity index is 1390. The van der Waals surface area contributed by atoms with Crippen molar-refractivity contribution in [1.29, 1.82) is 0 Å². The fourth-order valence-corrected chi connectivity index (χ4v) is 4.83. The van der Waals surface area contributed by atoms with E-state index in [4.69, 9.17) is 16.3 Å². The van der Waals surface area contributed by atoms with Gasteiger partial charge in [-0.3, -0.25) is 9.36 Å². The standard InChI is InChI=1S/C23H22ClF3N4O4S/c1-2-36(33,34)18-5-3-16(4-6-18)31-14-19(24)20(11-21(31)32)35-17-7-9-30(10-8-17)22-28-12-15(13-29-22)23(25,26)27/h3-6,11-14,17H,2,7-10H2,1H3. The molecule has 36 heavy (non-hydrogen) atoms. The molecule has 3 aromatic rings. The lowest BCUT2D eigenvalue weighted by molar-refractivity contribution is -0.138. The Morgan fingerprint density at radius 1 is 1.11 bits per heavy atom. The van der Waals surface area contributed by atoms with E-state index in [0.29, 0.717) is 31.6 Å². The van der Waals surface area contributed by atoms with Gasteiger partial charge in [0.1, 0.15) is 11.9 Å². The van der Waals surface area contributed by atoms with Gasteiger partial charge in [0.2, 0.25) is 5.95 Å². The van der Waals surface area contributed by atoms with Gasteiger partial charge in [-0.15, -0.1) is 0 Å². The molecule has 192 valence electrons. The predicted octanol–water partition coefficient (Wildman–Crippen LogP) is 4.14. The molecule has 0 radical (unpaired) electrons. The van der Waals surface area contributed by atoms with Gasteiger partial charge in [0.15, 0.2) is 9.84 Å². The second-order valence-electron chi connectivity index (χ2n) is 8.16. The lowest BCUT2D eigenvalue weighted by Gasteiger charge is -2.32. The van der Waals surface area contributed by atoms with Crippen LogP contribution in [-0.4, -0.2) is 47.9 Å². The number of benzene rings is 1. The van der Waals surface area contributed by atoms with E-state index in [-0.39, 0.29) is 33.5 Å². The van der Waals surface area contributed by atoms with Crippen molar-refractivity contribution < 1.29 is 26.3 Å². The summed E-state index contributed by atoms with van der Waals surface area (Å²) in [5.74, 6) is 0.396. The normalized spacial score (nSPS) is 15.2. The van der Waals surface area contributed by atoms with Gasteiger partial charge in [-0.2, -0.15) is 13.2 Å². The fourth-order valence-electron chi connectivity index (χ4n) is 3.75. The van der Waals surface area contributed by atoms with Gasteiger partial charge >= 0.3 is 6.18 Å². The molecule has 4 rings (SSSR count). The molecule has 1 fully saturated rings. The van der Waals surface area contributed by atoms with Crippen molar-refractivity contribution in [2.75, 3.05) is 23.7 Å². The molecule has 0 spiro atoms. The zero-order chi connectivity index (χ0) is 26.1. The molecule has 0 saturated carbocycles. The molecule has 13 heteroatoms. The summed E-state index contributed by atoms with van der Waals surface area (Å²) < 4.78 is 69.4. The highest BCUT2D eigenvalue weighted by Gasteiger charge is 2.32. The Labute approximate surface area is 210 Å². The maximum absolute atomic E-state index is 12.7. The summed E-state index contributed by atoms with van der Waals surface area (Å²) in [6, 6.07) is 7.20. The summed E-state index contributed by atoms with van der Waals surface area (Å²) in [4.78, 5) is 22.3. The van der Waals surface area contributed by atoms with Crippen LogP contribution in [0.1, 0.15) is 25.3 Å². The number of pyridine rings is 1. The summed E-state index contributed by atoms with van der Waals surface area (Å²) in [6.07, 6.45) is -0.776. The molecule has 0 aliphatic carbocycles. The maximum Gasteiger partial charge on any atom is 0.419 e. The van der Waals surface area contributed by atoms with E-state index in [1.807, 2.05) is 0 Å². The molecule has 2 aromatic heterocycles. The molecule has 1 saturated heterocycles. The number of aromatic nitrogens is 3. The number of sulfone groups is 1. The molecule has 0 bridgehead atoms. The number of anilines is 1. The SMILES string of the molecule is CCS(=O)(=O)c1ccc(-n2cc(Cl)c(OC3CCN(c4ncc(C(F)(F)F)cn4)CC3)cc2=O)cc1. The van der Waals surface area contributed by atoms with Gasteiger partial charge in [-0.05, 0) is 24.3 Å². The number of ether oxygens (including phenoxy) is 1. The average Bonchev–Trinajstić information content (AvgIpc) is 2.86. The lowest BCUT2D eigenvalue weighted by atomic mass is 10.1.